The van der Waals surface area contributed by atoms with Gasteiger partial charge in [-0.15, -0.1) is 11.3 Å². The lowest BCUT2D eigenvalue weighted by Crippen LogP contribution is -2.16. The van der Waals surface area contributed by atoms with Crippen LogP contribution in [0.2, 0.25) is 0 Å². The van der Waals surface area contributed by atoms with Crippen LogP contribution in [0.15, 0.2) is 23.1 Å². The molecule has 0 atom stereocenters. The molecule has 0 fully saturated rings. The fourth-order valence-electron chi connectivity index (χ4n) is 1.84. The maximum Gasteiger partial charge on any atom is 0.350 e. The van der Waals surface area contributed by atoms with E-state index in [0.717, 1.165) is 4.88 Å². The standard InChI is InChI=1S/C15H16BrN3O3S/c1-15(2,3)12-9(16)10(11(23-12)14(21)22-4)19-13(20)8-5-6-17-7-18-8/h5-7H,1-4H3,(H,19,20). The SMILES string of the molecule is COC(=O)c1sc(C(C)(C)C)c(Br)c1NC(=O)c1ccncn1. The highest BCUT2D eigenvalue weighted by atomic mass is 79.9. The molecule has 0 saturated carbocycles. The predicted molar refractivity (Wildman–Crippen MR) is 92.0 cm³/mol. The molecule has 0 radical (unpaired) electrons. The van der Waals surface area contributed by atoms with Crippen LogP contribution in [0.4, 0.5) is 5.69 Å². The molecule has 0 bridgehead atoms. The van der Waals surface area contributed by atoms with Crippen LogP contribution in [0.1, 0.15) is 45.8 Å². The molecule has 0 unspecified atom stereocenters. The van der Waals surface area contributed by atoms with Crippen molar-refractivity contribution in [3.8, 4) is 0 Å². The Labute approximate surface area is 146 Å². The van der Waals surface area contributed by atoms with Gasteiger partial charge in [0.1, 0.15) is 16.9 Å². The summed E-state index contributed by atoms with van der Waals surface area (Å²) in [5.41, 5.74) is 0.422. The molecule has 0 spiro atoms. The second-order valence-corrected chi connectivity index (χ2v) is 7.55. The van der Waals surface area contributed by atoms with Gasteiger partial charge < -0.3 is 10.1 Å². The van der Waals surface area contributed by atoms with Crippen molar-refractivity contribution >= 4 is 44.8 Å². The summed E-state index contributed by atoms with van der Waals surface area (Å²) in [6, 6.07) is 1.50. The molecule has 8 heteroatoms. The number of nitrogens with one attached hydrogen (secondary N) is 1. The van der Waals surface area contributed by atoms with Gasteiger partial charge in [0.15, 0.2) is 0 Å². The summed E-state index contributed by atoms with van der Waals surface area (Å²) in [5.74, 6) is -0.916. The minimum atomic E-state index is -0.496. The van der Waals surface area contributed by atoms with Crippen LogP contribution in [-0.4, -0.2) is 29.0 Å². The van der Waals surface area contributed by atoms with E-state index in [1.807, 2.05) is 20.8 Å². The lowest BCUT2D eigenvalue weighted by Gasteiger charge is -2.17. The molecule has 2 aromatic rings. The molecule has 0 aromatic carbocycles. The average Bonchev–Trinajstić information content (AvgIpc) is 2.84. The van der Waals surface area contributed by atoms with E-state index in [-0.39, 0.29) is 11.1 Å². The van der Waals surface area contributed by atoms with Crippen LogP contribution < -0.4 is 5.32 Å². The van der Waals surface area contributed by atoms with Crippen molar-refractivity contribution in [3.63, 3.8) is 0 Å². The van der Waals surface area contributed by atoms with Gasteiger partial charge in [0.25, 0.3) is 5.91 Å². The Hall–Kier alpha value is -1.80. The highest BCUT2D eigenvalue weighted by molar-refractivity contribution is 9.10. The Bertz CT molecular complexity index is 738. The van der Waals surface area contributed by atoms with Gasteiger partial charge in [0.05, 0.1) is 17.3 Å². The summed E-state index contributed by atoms with van der Waals surface area (Å²) in [6.45, 7) is 6.09. The van der Waals surface area contributed by atoms with E-state index in [2.05, 4.69) is 31.2 Å². The zero-order chi connectivity index (χ0) is 17.2. The van der Waals surface area contributed by atoms with Crippen LogP contribution in [0, 0.1) is 0 Å². The molecular weight excluding hydrogens is 382 g/mol. The number of carbonyl (C=O) groups excluding carboxylic acids is 2. The normalized spacial score (nSPS) is 11.2. The molecule has 23 heavy (non-hydrogen) atoms. The Morgan fingerprint density at radius 3 is 2.57 bits per heavy atom. The van der Waals surface area contributed by atoms with Crippen LogP contribution >= 0.6 is 27.3 Å². The molecule has 6 nitrogen and oxygen atoms in total. The third-order valence-electron chi connectivity index (χ3n) is 2.96. The molecular formula is C15H16BrN3O3S. The molecule has 0 aliphatic rings. The number of rotatable bonds is 3. The molecule has 2 aromatic heterocycles. The summed E-state index contributed by atoms with van der Waals surface area (Å²) in [6.07, 6.45) is 2.77. The van der Waals surface area contributed by atoms with Crippen molar-refractivity contribution in [2.24, 2.45) is 0 Å². The van der Waals surface area contributed by atoms with E-state index < -0.39 is 11.9 Å². The lowest BCUT2D eigenvalue weighted by atomic mass is 9.94. The number of esters is 1. The lowest BCUT2D eigenvalue weighted by molar-refractivity contribution is 0.0607. The first-order chi connectivity index (χ1) is 10.8. The van der Waals surface area contributed by atoms with Crippen molar-refractivity contribution in [1.29, 1.82) is 0 Å². The van der Waals surface area contributed by atoms with Gasteiger partial charge in [-0.2, -0.15) is 0 Å². The second kappa shape index (κ2) is 6.76. The largest absolute Gasteiger partial charge is 0.465 e. The number of halogens is 1. The molecule has 0 saturated heterocycles. The maximum absolute atomic E-state index is 12.3. The van der Waals surface area contributed by atoms with E-state index in [1.165, 1.54) is 37.0 Å². The first-order valence-electron chi connectivity index (χ1n) is 6.74. The number of amides is 1. The monoisotopic (exact) mass is 397 g/mol. The number of ether oxygens (including phenoxy) is 1. The van der Waals surface area contributed by atoms with Crippen molar-refractivity contribution in [2.75, 3.05) is 12.4 Å². The Kier molecular flexibility index (Phi) is 5.16. The van der Waals surface area contributed by atoms with Crippen LogP contribution in [0.5, 0.6) is 0 Å². The number of methoxy groups -OCH3 is 1. The van der Waals surface area contributed by atoms with Gasteiger partial charge in [-0.1, -0.05) is 20.8 Å². The van der Waals surface area contributed by atoms with Crippen LogP contribution in [0.25, 0.3) is 0 Å². The molecule has 2 rings (SSSR count). The second-order valence-electron chi connectivity index (χ2n) is 5.74. The predicted octanol–water partition coefficient (Wildman–Crippen LogP) is 3.64. The van der Waals surface area contributed by atoms with Gasteiger partial charge >= 0.3 is 5.97 Å². The number of anilines is 1. The summed E-state index contributed by atoms with van der Waals surface area (Å²) in [7, 11) is 1.31. The fourth-order valence-corrected chi connectivity index (χ4v) is 4.23. The van der Waals surface area contributed by atoms with Crippen LogP contribution in [-0.2, 0) is 10.2 Å². The summed E-state index contributed by atoms with van der Waals surface area (Å²) < 4.78 is 5.50. The molecule has 0 aliphatic carbocycles. The smallest absolute Gasteiger partial charge is 0.350 e. The Morgan fingerprint density at radius 2 is 2.04 bits per heavy atom. The molecule has 122 valence electrons. The van der Waals surface area contributed by atoms with Gasteiger partial charge in [-0.25, -0.2) is 14.8 Å². The number of aromatic nitrogens is 2. The van der Waals surface area contributed by atoms with Gasteiger partial charge in [-0.3, -0.25) is 4.79 Å². The third kappa shape index (κ3) is 3.76. The number of thiophene rings is 1. The maximum atomic E-state index is 12.3. The molecule has 2 heterocycles. The van der Waals surface area contributed by atoms with E-state index in [1.54, 1.807) is 0 Å². The van der Waals surface area contributed by atoms with Crippen molar-refractivity contribution in [1.82, 2.24) is 9.97 Å². The third-order valence-corrected chi connectivity index (χ3v) is 5.61. The number of hydrogen-bond donors (Lipinski definition) is 1. The zero-order valence-electron chi connectivity index (χ0n) is 13.1. The Balaban J connectivity index is 2.46. The zero-order valence-corrected chi connectivity index (χ0v) is 15.5. The molecule has 1 N–H and O–H groups in total. The first kappa shape index (κ1) is 17.6. The van der Waals surface area contributed by atoms with Gasteiger partial charge in [0, 0.05) is 11.1 Å². The topological polar surface area (TPSA) is 81.2 Å². The fraction of sp³-hybridized carbons (Fsp3) is 0.333. The van der Waals surface area contributed by atoms with Crippen molar-refractivity contribution < 1.29 is 14.3 Å². The van der Waals surface area contributed by atoms with E-state index in [0.29, 0.717) is 15.0 Å². The van der Waals surface area contributed by atoms with Crippen LogP contribution in [0.3, 0.4) is 0 Å². The summed E-state index contributed by atoms with van der Waals surface area (Å²) in [4.78, 5) is 33.3. The van der Waals surface area contributed by atoms with Crippen molar-refractivity contribution in [3.05, 3.63) is 38.5 Å². The number of nitrogens with zero attached hydrogens (tertiary/aromatic N) is 2. The Morgan fingerprint density at radius 1 is 1.35 bits per heavy atom. The van der Waals surface area contributed by atoms with Crippen molar-refractivity contribution in [2.45, 2.75) is 26.2 Å². The summed E-state index contributed by atoms with van der Waals surface area (Å²) in [5, 5.41) is 2.74. The highest BCUT2D eigenvalue weighted by Gasteiger charge is 2.29. The average molecular weight is 398 g/mol. The van der Waals surface area contributed by atoms with E-state index in [9.17, 15) is 9.59 Å². The minimum absolute atomic E-state index is 0.190. The molecule has 1 amide bonds. The quantitative estimate of drug-likeness (QED) is 0.799. The number of carbonyl (C=O) groups is 2. The van der Waals surface area contributed by atoms with Gasteiger partial charge in [-0.05, 0) is 27.4 Å². The highest BCUT2D eigenvalue weighted by Crippen LogP contribution is 2.44. The summed E-state index contributed by atoms with van der Waals surface area (Å²) >= 11 is 4.79. The minimum Gasteiger partial charge on any atom is -0.465 e. The van der Waals surface area contributed by atoms with E-state index >= 15 is 0 Å². The van der Waals surface area contributed by atoms with Gasteiger partial charge in [0.2, 0.25) is 0 Å². The number of hydrogen-bond acceptors (Lipinski definition) is 6. The first-order valence-corrected chi connectivity index (χ1v) is 8.35. The van der Waals surface area contributed by atoms with E-state index in [4.69, 9.17) is 4.74 Å². The molecule has 0 aliphatic heterocycles.